The van der Waals surface area contributed by atoms with Gasteiger partial charge in [-0.05, 0) is 74.7 Å². The minimum atomic E-state index is -2.14. The Morgan fingerprint density at radius 1 is 0.848 bits per heavy atom. The fourth-order valence-electron chi connectivity index (χ4n) is 8.43. The number of methoxy groups -OCH3 is 2. The minimum absolute atomic E-state index is 0.0132. The molecule has 7 rings (SSSR count). The van der Waals surface area contributed by atoms with Gasteiger partial charge in [0.15, 0.2) is 6.23 Å². The van der Waals surface area contributed by atoms with E-state index in [-0.39, 0.29) is 42.8 Å². The van der Waals surface area contributed by atoms with E-state index in [2.05, 4.69) is 11.1 Å². The molecule has 2 aliphatic heterocycles. The lowest BCUT2D eigenvalue weighted by Gasteiger charge is -2.40. The van der Waals surface area contributed by atoms with Gasteiger partial charge in [-0.25, -0.2) is 9.46 Å². The van der Waals surface area contributed by atoms with Crippen LogP contribution in [0.5, 0.6) is 11.5 Å². The molecule has 2 aliphatic rings. The number of nitrogens with one attached hydrogen (secondary N) is 1. The molecule has 2 amide bonds. The number of nitrogens with zero attached hydrogens (tertiary/aromatic N) is 5. The van der Waals surface area contributed by atoms with Crippen molar-refractivity contribution >= 4 is 26.0 Å². The number of aromatic nitrogens is 2. The smallest absolute Gasteiger partial charge is 0.330 e. The average molecular weight is 921 g/mol. The third-order valence-electron chi connectivity index (χ3n) is 11.4. The minimum Gasteiger partial charge on any atom is -0.497 e. The van der Waals surface area contributed by atoms with Gasteiger partial charge in [-0.2, -0.15) is 5.26 Å². The number of amides is 2. The van der Waals surface area contributed by atoms with E-state index in [1.807, 2.05) is 87.0 Å². The molecule has 5 aromatic rings. The number of ether oxygens (including phenoxy) is 4. The van der Waals surface area contributed by atoms with Crippen molar-refractivity contribution in [3.05, 3.63) is 168 Å². The van der Waals surface area contributed by atoms with Crippen molar-refractivity contribution in [2.75, 3.05) is 27.4 Å². The Bertz CT molecular complexity index is 2650. The Balaban J connectivity index is 1.44. The predicted octanol–water partition coefficient (Wildman–Crippen LogP) is 6.69. The second kappa shape index (κ2) is 20.3. The number of nitro benzene ring substituents is 1. The molecule has 3 heterocycles. The molecule has 1 N–H and O–H groups in total. The van der Waals surface area contributed by atoms with Gasteiger partial charge in [0.2, 0.25) is 0 Å². The number of rotatable bonds is 19. The van der Waals surface area contributed by atoms with Crippen molar-refractivity contribution in [2.24, 2.45) is 0 Å². The van der Waals surface area contributed by atoms with E-state index in [4.69, 9.17) is 28.0 Å². The summed E-state index contributed by atoms with van der Waals surface area (Å²) in [6, 6.07) is 28.8. The van der Waals surface area contributed by atoms with Crippen LogP contribution in [-0.4, -0.2) is 93.6 Å². The largest absolute Gasteiger partial charge is 0.497 e. The SMILES string of the molecule is COc1ccc(C(OC[C@H]2O[C@@H](n3ccc(=O)[nH]c3=O)[C@H](N3C(=O)c4ccc([N+](=O)[O-])cc4C3=O)[C@@H]2OP(OCCC#N)N(C(C)C)C(C)C)(c2ccccc2)c2ccc(OC)cc2)cc1. The summed E-state index contributed by atoms with van der Waals surface area (Å²) in [7, 11) is 0.981. The molecule has 344 valence electrons. The van der Waals surface area contributed by atoms with Gasteiger partial charge in [-0.1, -0.05) is 54.6 Å². The summed E-state index contributed by atoms with van der Waals surface area (Å²) in [5.74, 6) is -0.545. The van der Waals surface area contributed by atoms with Crippen molar-refractivity contribution in [1.82, 2.24) is 19.1 Å². The van der Waals surface area contributed by atoms with Gasteiger partial charge < -0.3 is 28.0 Å². The average Bonchev–Trinajstić information content (AvgIpc) is 3.77. The Kier molecular flexibility index (Phi) is 14.6. The monoisotopic (exact) mass is 920 g/mol. The highest BCUT2D eigenvalue weighted by atomic mass is 31.2. The van der Waals surface area contributed by atoms with Crippen LogP contribution in [0, 0.1) is 21.4 Å². The summed E-state index contributed by atoms with van der Waals surface area (Å²) in [6.07, 6.45) is -2.92. The Morgan fingerprint density at radius 3 is 1.98 bits per heavy atom. The number of H-pyrrole nitrogens is 1. The number of benzene rings is 4. The molecular formula is C47H49N6O12P. The van der Waals surface area contributed by atoms with Crippen LogP contribution >= 0.6 is 8.53 Å². The third kappa shape index (κ3) is 9.27. The summed E-state index contributed by atoms with van der Waals surface area (Å²) in [5, 5.41) is 21.4. The number of carbonyl (C=O) groups excluding carboxylic acids is 2. The third-order valence-corrected chi connectivity index (χ3v) is 13.5. The van der Waals surface area contributed by atoms with Crippen LogP contribution in [0.15, 0.2) is 119 Å². The molecule has 4 aromatic carbocycles. The fraction of sp³-hybridized carbons (Fsp3) is 0.340. The number of carbonyl (C=O) groups is 2. The van der Waals surface area contributed by atoms with Crippen LogP contribution in [0.3, 0.4) is 0 Å². The number of aromatic amines is 1. The molecular weight excluding hydrogens is 872 g/mol. The van der Waals surface area contributed by atoms with E-state index in [0.29, 0.717) is 28.2 Å². The number of hydrogen-bond acceptors (Lipinski definition) is 14. The first-order valence-electron chi connectivity index (χ1n) is 21.1. The Hall–Kier alpha value is -6.58. The highest BCUT2D eigenvalue weighted by Crippen LogP contribution is 2.52. The molecule has 0 aliphatic carbocycles. The molecule has 18 nitrogen and oxygen atoms in total. The Labute approximate surface area is 381 Å². The van der Waals surface area contributed by atoms with Crippen LogP contribution in [0.2, 0.25) is 0 Å². The maximum atomic E-state index is 14.7. The summed E-state index contributed by atoms with van der Waals surface area (Å²) < 4.78 is 41.6. The fourth-order valence-corrected chi connectivity index (χ4v) is 10.2. The molecule has 1 aromatic heterocycles. The normalized spacial score (nSPS) is 18.8. The van der Waals surface area contributed by atoms with E-state index in [1.54, 1.807) is 38.5 Å². The summed E-state index contributed by atoms with van der Waals surface area (Å²) in [6.45, 7) is 7.38. The summed E-state index contributed by atoms with van der Waals surface area (Å²) >= 11 is 0. The van der Waals surface area contributed by atoms with Gasteiger partial charge in [-0.15, -0.1) is 0 Å². The van der Waals surface area contributed by atoms with E-state index in [0.717, 1.165) is 27.7 Å². The number of imide groups is 1. The topological polar surface area (TPSA) is 218 Å². The van der Waals surface area contributed by atoms with Gasteiger partial charge in [0.1, 0.15) is 35.3 Å². The zero-order valence-electron chi connectivity index (χ0n) is 37.1. The summed E-state index contributed by atoms with van der Waals surface area (Å²) in [4.78, 5) is 69.8. The molecule has 1 saturated heterocycles. The van der Waals surface area contributed by atoms with Gasteiger partial charge in [-0.3, -0.25) is 38.9 Å². The maximum absolute atomic E-state index is 14.7. The number of non-ortho nitro benzene ring substituents is 1. The molecule has 0 spiro atoms. The van der Waals surface area contributed by atoms with Crippen molar-refractivity contribution < 1.29 is 42.5 Å². The molecule has 0 saturated carbocycles. The van der Waals surface area contributed by atoms with Crippen molar-refractivity contribution in [1.29, 1.82) is 5.26 Å². The van der Waals surface area contributed by atoms with Crippen molar-refractivity contribution in [3.8, 4) is 17.6 Å². The highest BCUT2D eigenvalue weighted by molar-refractivity contribution is 7.44. The molecule has 19 heteroatoms. The van der Waals surface area contributed by atoms with Crippen LogP contribution in [-0.2, 0) is 24.1 Å². The lowest BCUT2D eigenvalue weighted by molar-refractivity contribution is -0.384. The van der Waals surface area contributed by atoms with Gasteiger partial charge >= 0.3 is 5.69 Å². The lowest BCUT2D eigenvalue weighted by atomic mass is 9.80. The van der Waals surface area contributed by atoms with E-state index in [9.17, 15) is 34.6 Å². The number of hydrogen-bond donors (Lipinski definition) is 1. The van der Waals surface area contributed by atoms with Gasteiger partial charge in [0.25, 0.3) is 31.6 Å². The summed E-state index contributed by atoms with van der Waals surface area (Å²) in [5.41, 5.74) is -1.74. The number of nitriles is 1. The lowest BCUT2D eigenvalue weighted by Crippen LogP contribution is -2.52. The molecule has 1 unspecified atom stereocenters. The van der Waals surface area contributed by atoms with Crippen LogP contribution in [0.1, 0.15) is 77.8 Å². The quantitative estimate of drug-likeness (QED) is 0.0228. The Morgan fingerprint density at radius 2 is 1.44 bits per heavy atom. The predicted molar refractivity (Wildman–Crippen MR) is 241 cm³/mol. The van der Waals surface area contributed by atoms with E-state index >= 15 is 0 Å². The number of nitro groups is 1. The molecule has 1 fully saturated rings. The highest BCUT2D eigenvalue weighted by Gasteiger charge is 2.57. The van der Waals surface area contributed by atoms with Crippen LogP contribution in [0.25, 0.3) is 0 Å². The second-order valence-electron chi connectivity index (χ2n) is 16.0. The van der Waals surface area contributed by atoms with Gasteiger partial charge in [0.05, 0.1) is 56.0 Å². The zero-order valence-corrected chi connectivity index (χ0v) is 38.0. The van der Waals surface area contributed by atoms with Crippen molar-refractivity contribution in [2.45, 2.75) is 76.3 Å². The number of fused-ring (bicyclic) bond motifs is 1. The first-order chi connectivity index (χ1) is 31.7. The molecule has 66 heavy (non-hydrogen) atoms. The van der Waals surface area contributed by atoms with E-state index < -0.39 is 72.3 Å². The second-order valence-corrected chi connectivity index (χ2v) is 17.4. The maximum Gasteiger partial charge on any atom is 0.330 e. The first kappa shape index (κ1) is 47.4. The van der Waals surface area contributed by atoms with E-state index in [1.165, 1.54) is 12.3 Å². The molecule has 5 atom stereocenters. The van der Waals surface area contributed by atoms with Crippen LogP contribution in [0.4, 0.5) is 5.69 Å². The standard InChI is InChI=1S/C47H49N6O12P/c1-29(2)52(30(3)4)66(63-26-10-24-48)65-42-39(28-62-47(31-11-8-7-9-12-31,32-13-18-35(60-5)19-14-32)33-15-20-36(61-6)21-16-33)64-45(50-25-23-40(54)49-46(50)57)41(42)51-43(55)37-22-17-34(53(58)59)27-38(37)44(51)56/h7-9,11-23,25,27,29-30,39,41-42,45H,10,26,28H2,1-6H3,(H,49,54,57)/t39-,41-,42-,45-,66?/m1/s1. The molecule has 0 radical (unpaired) electrons. The van der Waals surface area contributed by atoms with Crippen LogP contribution < -0.4 is 20.7 Å². The zero-order chi connectivity index (χ0) is 47.3. The molecule has 0 bridgehead atoms. The first-order valence-corrected chi connectivity index (χ1v) is 22.2. The van der Waals surface area contributed by atoms with Crippen molar-refractivity contribution in [3.63, 3.8) is 0 Å². The van der Waals surface area contributed by atoms with Gasteiger partial charge in [0, 0.05) is 36.5 Å².